The predicted molar refractivity (Wildman–Crippen MR) is 73.3 cm³/mol. The normalized spacial score (nSPS) is 11.5. The fraction of sp³-hybridized carbons (Fsp3) is 0.100. The minimum Gasteiger partial charge on any atom is -0.281 e. The number of nitrogens with zero attached hydrogens (tertiary/aromatic N) is 1. The van der Waals surface area contributed by atoms with E-state index in [4.69, 9.17) is 11.6 Å². The number of anilines is 1. The van der Waals surface area contributed by atoms with Crippen molar-refractivity contribution in [3.8, 4) is 0 Å². The molecule has 0 radical (unpaired) electrons. The summed E-state index contributed by atoms with van der Waals surface area (Å²) in [6.45, 7) is 1.63. The third-order valence-electron chi connectivity index (χ3n) is 2.25. The van der Waals surface area contributed by atoms with Crippen LogP contribution >= 0.6 is 27.5 Å². The van der Waals surface area contributed by atoms with Crippen molar-refractivity contribution in [3.63, 3.8) is 0 Å². The highest BCUT2D eigenvalue weighted by molar-refractivity contribution is 9.10. The van der Waals surface area contributed by atoms with Gasteiger partial charge in [0.15, 0.2) is 0 Å². The van der Waals surface area contributed by atoms with Crippen molar-refractivity contribution < 1.29 is 8.42 Å². The van der Waals surface area contributed by atoms with Gasteiger partial charge in [-0.05, 0) is 41.1 Å². The Balaban J connectivity index is 2.40. The van der Waals surface area contributed by atoms with E-state index >= 15 is 0 Å². The number of aromatic nitrogens is 2. The Morgan fingerprint density at radius 2 is 2.17 bits per heavy atom. The second kappa shape index (κ2) is 4.91. The van der Waals surface area contributed by atoms with E-state index in [2.05, 4.69) is 30.8 Å². The van der Waals surface area contributed by atoms with Crippen molar-refractivity contribution in [2.75, 3.05) is 4.72 Å². The zero-order chi connectivity index (χ0) is 13.3. The lowest BCUT2D eigenvalue weighted by molar-refractivity contribution is 0.600. The number of aromatic amines is 1. The SMILES string of the molecule is Cc1[nH]ncc1S(=O)(=O)Nc1cc(Cl)ccc1Br. The summed E-state index contributed by atoms with van der Waals surface area (Å²) in [5.74, 6) is 0. The van der Waals surface area contributed by atoms with Crippen LogP contribution in [-0.4, -0.2) is 18.6 Å². The third-order valence-corrected chi connectivity index (χ3v) is 4.65. The summed E-state index contributed by atoms with van der Waals surface area (Å²) in [6.07, 6.45) is 1.26. The van der Waals surface area contributed by atoms with Gasteiger partial charge >= 0.3 is 0 Å². The average Bonchev–Trinajstić information content (AvgIpc) is 2.70. The smallest absolute Gasteiger partial charge is 0.265 e. The zero-order valence-electron chi connectivity index (χ0n) is 9.24. The summed E-state index contributed by atoms with van der Waals surface area (Å²) in [7, 11) is -3.67. The molecule has 0 amide bonds. The number of aryl methyl sites for hydroxylation is 1. The number of H-pyrrole nitrogens is 1. The van der Waals surface area contributed by atoms with Gasteiger partial charge in [-0.25, -0.2) is 8.42 Å². The number of nitrogens with one attached hydrogen (secondary N) is 2. The monoisotopic (exact) mass is 349 g/mol. The van der Waals surface area contributed by atoms with Crippen LogP contribution in [0.5, 0.6) is 0 Å². The van der Waals surface area contributed by atoms with Gasteiger partial charge in [0.05, 0.1) is 17.6 Å². The highest BCUT2D eigenvalue weighted by Crippen LogP contribution is 2.28. The van der Waals surface area contributed by atoms with Crippen LogP contribution in [0.4, 0.5) is 5.69 Å². The first-order chi connectivity index (χ1) is 8.40. The lowest BCUT2D eigenvalue weighted by Gasteiger charge is -2.09. The van der Waals surface area contributed by atoms with Crippen molar-refractivity contribution in [2.45, 2.75) is 11.8 Å². The van der Waals surface area contributed by atoms with Crippen LogP contribution in [-0.2, 0) is 10.0 Å². The topological polar surface area (TPSA) is 74.8 Å². The van der Waals surface area contributed by atoms with Crippen molar-refractivity contribution in [2.24, 2.45) is 0 Å². The highest BCUT2D eigenvalue weighted by atomic mass is 79.9. The molecule has 1 aromatic carbocycles. The lowest BCUT2D eigenvalue weighted by Crippen LogP contribution is -2.13. The van der Waals surface area contributed by atoms with Gasteiger partial charge in [0.1, 0.15) is 4.90 Å². The van der Waals surface area contributed by atoms with Crippen molar-refractivity contribution in [1.29, 1.82) is 0 Å². The van der Waals surface area contributed by atoms with Gasteiger partial charge in [-0.3, -0.25) is 9.82 Å². The molecule has 1 aromatic heterocycles. The Labute approximate surface area is 118 Å². The van der Waals surface area contributed by atoms with Gasteiger partial charge in [-0.2, -0.15) is 5.10 Å². The molecule has 0 unspecified atom stereocenters. The molecule has 0 aliphatic rings. The van der Waals surface area contributed by atoms with Crippen molar-refractivity contribution >= 4 is 43.2 Å². The van der Waals surface area contributed by atoms with Gasteiger partial charge in [0.25, 0.3) is 10.0 Å². The largest absolute Gasteiger partial charge is 0.281 e. The molecule has 2 rings (SSSR count). The number of rotatable bonds is 3. The molecular formula is C10H9BrClN3O2S. The summed E-state index contributed by atoms with van der Waals surface area (Å²) < 4.78 is 27.3. The number of hydrogen-bond acceptors (Lipinski definition) is 3. The van der Waals surface area contributed by atoms with Gasteiger partial charge in [0.2, 0.25) is 0 Å². The molecule has 18 heavy (non-hydrogen) atoms. The molecule has 0 fully saturated rings. The van der Waals surface area contributed by atoms with Crippen LogP contribution in [0, 0.1) is 6.92 Å². The third kappa shape index (κ3) is 2.68. The molecule has 0 bridgehead atoms. The summed E-state index contributed by atoms with van der Waals surface area (Å²) in [4.78, 5) is 0.106. The van der Waals surface area contributed by atoms with E-state index in [9.17, 15) is 8.42 Å². The molecule has 0 saturated heterocycles. The Bertz CT molecular complexity index is 684. The van der Waals surface area contributed by atoms with Crippen LogP contribution in [0.25, 0.3) is 0 Å². The predicted octanol–water partition coefficient (Wildman–Crippen LogP) is 2.93. The molecule has 0 spiro atoms. The Hall–Kier alpha value is -1.05. The molecule has 0 aliphatic carbocycles. The Morgan fingerprint density at radius 1 is 1.44 bits per heavy atom. The molecule has 2 aromatic rings. The first-order valence-electron chi connectivity index (χ1n) is 4.88. The maximum absolute atomic E-state index is 12.1. The van der Waals surface area contributed by atoms with Gasteiger partial charge < -0.3 is 0 Å². The maximum atomic E-state index is 12.1. The van der Waals surface area contributed by atoms with E-state index in [0.717, 1.165) is 0 Å². The molecule has 0 aliphatic heterocycles. The Kier molecular flexibility index (Phi) is 3.65. The number of benzene rings is 1. The van der Waals surface area contributed by atoms with E-state index in [1.807, 2.05) is 0 Å². The molecule has 0 saturated carbocycles. The van der Waals surface area contributed by atoms with Crippen LogP contribution in [0.15, 0.2) is 33.8 Å². The fourth-order valence-corrected chi connectivity index (χ4v) is 3.24. The summed E-state index contributed by atoms with van der Waals surface area (Å²) in [5, 5.41) is 6.71. The van der Waals surface area contributed by atoms with E-state index in [1.165, 1.54) is 12.3 Å². The molecule has 1 heterocycles. The first-order valence-corrected chi connectivity index (χ1v) is 7.53. The van der Waals surface area contributed by atoms with Gasteiger partial charge in [0, 0.05) is 9.50 Å². The molecule has 96 valence electrons. The van der Waals surface area contributed by atoms with E-state index < -0.39 is 10.0 Å². The summed E-state index contributed by atoms with van der Waals surface area (Å²) >= 11 is 9.08. The average molecular weight is 351 g/mol. The van der Waals surface area contributed by atoms with E-state index in [0.29, 0.717) is 20.9 Å². The number of sulfonamides is 1. The Morgan fingerprint density at radius 3 is 2.78 bits per heavy atom. The van der Waals surface area contributed by atoms with E-state index in [1.54, 1.807) is 19.1 Å². The van der Waals surface area contributed by atoms with Crippen molar-refractivity contribution in [3.05, 3.63) is 39.6 Å². The first kappa shape index (κ1) is 13.4. The quantitative estimate of drug-likeness (QED) is 0.893. The number of hydrogen-bond donors (Lipinski definition) is 2. The molecule has 8 heteroatoms. The lowest BCUT2D eigenvalue weighted by atomic mass is 10.3. The van der Waals surface area contributed by atoms with Crippen LogP contribution in [0.2, 0.25) is 5.02 Å². The van der Waals surface area contributed by atoms with Gasteiger partial charge in [-0.15, -0.1) is 0 Å². The zero-order valence-corrected chi connectivity index (χ0v) is 12.4. The standard InChI is InChI=1S/C10H9BrClN3O2S/c1-6-10(5-13-14-6)18(16,17)15-9-4-7(12)2-3-8(9)11/h2-5,15H,1H3,(H,13,14). The molecular weight excluding hydrogens is 342 g/mol. The highest BCUT2D eigenvalue weighted by Gasteiger charge is 2.19. The van der Waals surface area contributed by atoms with Gasteiger partial charge in [-0.1, -0.05) is 11.6 Å². The van der Waals surface area contributed by atoms with Crippen LogP contribution in [0.1, 0.15) is 5.69 Å². The molecule has 5 nitrogen and oxygen atoms in total. The van der Waals surface area contributed by atoms with E-state index in [-0.39, 0.29) is 4.90 Å². The minimum atomic E-state index is -3.67. The molecule has 2 N–H and O–H groups in total. The number of halogens is 2. The minimum absolute atomic E-state index is 0.106. The second-order valence-electron chi connectivity index (χ2n) is 3.59. The van der Waals surface area contributed by atoms with Crippen LogP contribution < -0.4 is 4.72 Å². The van der Waals surface area contributed by atoms with Crippen LogP contribution in [0.3, 0.4) is 0 Å². The fourth-order valence-electron chi connectivity index (χ4n) is 1.39. The maximum Gasteiger partial charge on any atom is 0.265 e. The van der Waals surface area contributed by atoms with Crippen molar-refractivity contribution in [1.82, 2.24) is 10.2 Å². The molecule has 0 atom stereocenters. The summed E-state index contributed by atoms with van der Waals surface area (Å²) in [5.41, 5.74) is 0.851. The summed E-state index contributed by atoms with van der Waals surface area (Å²) in [6, 6.07) is 4.85. The second-order valence-corrected chi connectivity index (χ2v) is 6.53.